The molecule has 3 unspecified atom stereocenters. The predicted molar refractivity (Wildman–Crippen MR) is 115 cm³/mol. The lowest BCUT2D eigenvalue weighted by atomic mass is 10.4. The summed E-state index contributed by atoms with van der Waals surface area (Å²) in [7, 11) is -9.12. The van der Waals surface area contributed by atoms with E-state index in [-0.39, 0.29) is 16.6 Å². The van der Waals surface area contributed by atoms with Crippen LogP contribution in [0.5, 0.6) is 0 Å². The van der Waals surface area contributed by atoms with Gasteiger partial charge in [0.2, 0.25) is 0 Å². The van der Waals surface area contributed by atoms with Gasteiger partial charge in [-0.3, -0.25) is 0 Å². The van der Waals surface area contributed by atoms with Crippen LogP contribution in [0.25, 0.3) is 0 Å². The summed E-state index contributed by atoms with van der Waals surface area (Å²) in [6, 6.07) is 0. The van der Waals surface area contributed by atoms with E-state index in [1.54, 1.807) is 0 Å². The van der Waals surface area contributed by atoms with Crippen LogP contribution in [0.4, 0.5) is 0 Å². The Morgan fingerprint density at radius 1 is 0.519 bits per heavy atom. The maximum absolute atomic E-state index is 6.79. The Balaban J connectivity index is 3.61. The number of rotatable bonds is 12. The van der Waals surface area contributed by atoms with Crippen molar-refractivity contribution in [2.45, 2.75) is 98.2 Å². The van der Waals surface area contributed by atoms with Gasteiger partial charge in [-0.1, -0.05) is 41.5 Å². The molecule has 27 heavy (non-hydrogen) atoms. The predicted octanol–water partition coefficient (Wildman–Crippen LogP) is 5.38. The molecule has 0 amide bonds. The molecular formula is C18H42O6Si3. The fraction of sp³-hybridized carbons (Fsp3) is 1.00. The summed E-state index contributed by atoms with van der Waals surface area (Å²) < 4.78 is 39.4. The maximum Gasteiger partial charge on any atom is 0.489 e. The van der Waals surface area contributed by atoms with E-state index in [1.807, 2.05) is 20.8 Å². The molecule has 6 nitrogen and oxygen atoms in total. The highest BCUT2D eigenvalue weighted by molar-refractivity contribution is 6.90. The molecular weight excluding hydrogens is 396 g/mol. The van der Waals surface area contributed by atoms with Crippen molar-refractivity contribution in [1.29, 1.82) is 0 Å². The molecule has 0 aromatic rings. The standard InChI is InChI=1S/C18H42O6Si3/c1-10-16(7)25(19-13-4)22-26(20-14-5,17(8)11-2)24-27(23-25,21-15-6)18(9)12-3/h16-18H,10-15H2,1-9H3. The average Bonchev–Trinajstić information content (AvgIpc) is 2.66. The van der Waals surface area contributed by atoms with Crippen molar-refractivity contribution in [1.82, 2.24) is 0 Å². The second kappa shape index (κ2) is 11.0. The van der Waals surface area contributed by atoms with E-state index < -0.39 is 26.4 Å². The first-order valence-corrected chi connectivity index (χ1v) is 16.2. The smallest absolute Gasteiger partial charge is 0.374 e. The normalized spacial score (nSPS) is 35.0. The molecule has 1 saturated heterocycles. The van der Waals surface area contributed by atoms with E-state index in [1.165, 1.54) is 0 Å². The summed E-state index contributed by atoms with van der Waals surface area (Å²) in [4.78, 5) is 0. The minimum Gasteiger partial charge on any atom is -0.374 e. The monoisotopic (exact) mass is 438 g/mol. The fourth-order valence-electron chi connectivity index (χ4n) is 3.22. The van der Waals surface area contributed by atoms with E-state index >= 15 is 0 Å². The molecule has 0 spiro atoms. The van der Waals surface area contributed by atoms with E-state index in [0.717, 1.165) is 19.3 Å². The van der Waals surface area contributed by atoms with Crippen molar-refractivity contribution in [2.24, 2.45) is 0 Å². The van der Waals surface area contributed by atoms with Crippen LogP contribution in [0.3, 0.4) is 0 Å². The molecule has 1 aliphatic heterocycles. The van der Waals surface area contributed by atoms with Gasteiger partial charge in [-0.05, 0) is 40.0 Å². The van der Waals surface area contributed by atoms with E-state index in [4.69, 9.17) is 25.6 Å². The van der Waals surface area contributed by atoms with Crippen LogP contribution in [0.15, 0.2) is 0 Å². The third-order valence-electron chi connectivity index (χ3n) is 5.54. The Morgan fingerprint density at radius 2 is 0.741 bits per heavy atom. The number of hydrogen-bond donors (Lipinski definition) is 0. The Kier molecular flexibility index (Phi) is 10.3. The van der Waals surface area contributed by atoms with Gasteiger partial charge >= 0.3 is 26.4 Å². The molecule has 162 valence electrons. The molecule has 0 bridgehead atoms. The molecule has 1 aliphatic rings. The molecule has 1 rings (SSSR count). The summed E-state index contributed by atoms with van der Waals surface area (Å²) in [5.41, 5.74) is 0.484. The summed E-state index contributed by atoms with van der Waals surface area (Å²) in [5.74, 6) is 0. The molecule has 0 radical (unpaired) electrons. The third kappa shape index (κ3) is 5.32. The van der Waals surface area contributed by atoms with E-state index in [9.17, 15) is 0 Å². The second-order valence-electron chi connectivity index (χ2n) is 7.34. The van der Waals surface area contributed by atoms with Gasteiger partial charge < -0.3 is 25.6 Å². The van der Waals surface area contributed by atoms with E-state index in [2.05, 4.69) is 41.5 Å². The maximum atomic E-state index is 6.79. The van der Waals surface area contributed by atoms with Crippen molar-refractivity contribution in [3.05, 3.63) is 0 Å². The van der Waals surface area contributed by atoms with Crippen molar-refractivity contribution in [2.75, 3.05) is 19.8 Å². The molecule has 1 heterocycles. The zero-order valence-electron chi connectivity index (χ0n) is 18.9. The zero-order chi connectivity index (χ0) is 20.7. The van der Waals surface area contributed by atoms with Crippen molar-refractivity contribution >= 4 is 26.4 Å². The SMILES string of the molecule is CCO[Si]1(C(C)CC)O[Si](OCC)(C(C)CC)O[Si](OCC)(C(C)CC)O1. The molecule has 1 fully saturated rings. The van der Waals surface area contributed by atoms with Crippen LogP contribution in [-0.4, -0.2) is 46.2 Å². The first-order chi connectivity index (χ1) is 12.7. The lowest BCUT2D eigenvalue weighted by Gasteiger charge is -2.54. The van der Waals surface area contributed by atoms with Gasteiger partial charge in [0.25, 0.3) is 0 Å². The molecule has 9 heteroatoms. The van der Waals surface area contributed by atoms with Crippen molar-refractivity contribution in [3.8, 4) is 0 Å². The van der Waals surface area contributed by atoms with Gasteiger partial charge in [-0.15, -0.1) is 0 Å². The summed E-state index contributed by atoms with van der Waals surface area (Å²) >= 11 is 0. The van der Waals surface area contributed by atoms with Crippen LogP contribution in [-0.2, 0) is 25.6 Å². The van der Waals surface area contributed by atoms with Crippen LogP contribution >= 0.6 is 0 Å². The lowest BCUT2D eigenvalue weighted by Crippen LogP contribution is -2.76. The molecule has 0 N–H and O–H groups in total. The minimum absolute atomic E-state index is 0.161. The van der Waals surface area contributed by atoms with Crippen LogP contribution in [0.1, 0.15) is 81.6 Å². The number of hydrogen-bond acceptors (Lipinski definition) is 6. The summed E-state index contributed by atoms with van der Waals surface area (Å²) in [6.45, 7) is 20.6. The first-order valence-electron chi connectivity index (χ1n) is 10.8. The highest BCUT2D eigenvalue weighted by Gasteiger charge is 2.71. The average molecular weight is 439 g/mol. The molecule has 0 aromatic carbocycles. The summed E-state index contributed by atoms with van der Waals surface area (Å²) in [5, 5.41) is 0. The van der Waals surface area contributed by atoms with Crippen LogP contribution < -0.4 is 0 Å². The zero-order valence-corrected chi connectivity index (χ0v) is 21.9. The van der Waals surface area contributed by atoms with Crippen molar-refractivity contribution in [3.63, 3.8) is 0 Å². The van der Waals surface area contributed by atoms with Gasteiger partial charge in [0.1, 0.15) is 0 Å². The Labute approximate surface area is 170 Å². The molecule has 0 aliphatic carbocycles. The quantitative estimate of drug-likeness (QED) is 0.381. The largest absolute Gasteiger partial charge is 0.489 e. The molecule has 0 aromatic heterocycles. The highest BCUT2D eigenvalue weighted by atomic mass is 28.5. The summed E-state index contributed by atoms with van der Waals surface area (Å²) in [6.07, 6.45) is 2.75. The lowest BCUT2D eigenvalue weighted by molar-refractivity contribution is 0.00301. The van der Waals surface area contributed by atoms with Gasteiger partial charge in [0.05, 0.1) is 0 Å². The van der Waals surface area contributed by atoms with Crippen molar-refractivity contribution < 1.29 is 25.6 Å². The fourth-order valence-corrected chi connectivity index (χ4v) is 19.4. The molecule has 3 atom stereocenters. The Hall–Kier alpha value is 0.411. The van der Waals surface area contributed by atoms with Crippen LogP contribution in [0.2, 0.25) is 16.6 Å². The van der Waals surface area contributed by atoms with Gasteiger partial charge in [-0.2, -0.15) is 0 Å². The first kappa shape index (κ1) is 25.4. The van der Waals surface area contributed by atoms with Gasteiger partial charge in [0, 0.05) is 36.4 Å². The second-order valence-corrected chi connectivity index (χ2v) is 17.2. The topological polar surface area (TPSA) is 55.4 Å². The van der Waals surface area contributed by atoms with Gasteiger partial charge in [-0.25, -0.2) is 0 Å². The Bertz CT molecular complexity index is 372. The van der Waals surface area contributed by atoms with Gasteiger partial charge in [0.15, 0.2) is 0 Å². The van der Waals surface area contributed by atoms with E-state index in [0.29, 0.717) is 19.8 Å². The highest BCUT2D eigenvalue weighted by Crippen LogP contribution is 2.48. The molecule has 0 saturated carbocycles. The van der Waals surface area contributed by atoms with Crippen LogP contribution in [0, 0.1) is 0 Å². The third-order valence-corrected chi connectivity index (χ3v) is 19.3. The minimum atomic E-state index is -3.04. The Morgan fingerprint density at radius 3 is 0.889 bits per heavy atom.